The Labute approximate surface area is 298 Å². The number of carboxylic acids is 1. The molecule has 0 saturated carbocycles. The van der Waals surface area contributed by atoms with Crippen LogP contribution in [0.5, 0.6) is 5.75 Å². The number of carbonyl (C=O) groups is 1. The van der Waals surface area contributed by atoms with Crippen molar-refractivity contribution in [2.45, 2.75) is 14.7 Å². The molecule has 0 aliphatic carbocycles. The number of para-hydroxylation sites is 1. The SMILES string of the molecule is Brc1cc(Br)c([S+](c2c(Br)cc(Br)cc2Br)c2c(Br)cc(Br)cc2Br)c(Br)c1.O=C(O)c1ccccc1[O-]. The first-order valence-electron chi connectivity index (χ1n) is 9.99. The first kappa shape index (κ1) is 33.3. The lowest BCUT2D eigenvalue weighted by Crippen LogP contribution is -2.10. The zero-order chi connectivity index (χ0) is 28.3. The predicted molar refractivity (Wildman–Crippen MR) is 184 cm³/mol. The smallest absolute Gasteiger partial charge is 0.335 e. The van der Waals surface area contributed by atoms with Crippen LogP contribution in [0.25, 0.3) is 0 Å². The molecule has 0 saturated heterocycles. The molecule has 0 atom stereocenters. The molecule has 3 nitrogen and oxygen atoms in total. The van der Waals surface area contributed by atoms with E-state index in [0.717, 1.165) is 54.9 Å². The number of rotatable bonds is 4. The van der Waals surface area contributed by atoms with Crippen molar-refractivity contribution in [1.82, 2.24) is 0 Å². The highest BCUT2D eigenvalue weighted by molar-refractivity contribution is 9.12. The number of carboxylic acid groups (broad SMARTS) is 1. The molecule has 0 fully saturated rings. The van der Waals surface area contributed by atoms with Gasteiger partial charge in [0.25, 0.3) is 0 Å². The topological polar surface area (TPSA) is 60.4 Å². The Morgan fingerprint density at radius 1 is 0.579 bits per heavy atom. The van der Waals surface area contributed by atoms with Crippen molar-refractivity contribution in [3.8, 4) is 5.75 Å². The lowest BCUT2D eigenvalue weighted by Gasteiger charge is -2.16. The molecule has 198 valence electrons. The van der Waals surface area contributed by atoms with Crippen LogP contribution in [0, 0.1) is 0 Å². The van der Waals surface area contributed by atoms with Gasteiger partial charge in [-0.15, -0.1) is 0 Å². The fourth-order valence-corrected chi connectivity index (χ4v) is 14.9. The van der Waals surface area contributed by atoms with Gasteiger partial charge in [-0.3, -0.25) is 0 Å². The fourth-order valence-electron chi connectivity index (χ4n) is 3.12. The average molecular weight is 1110 g/mol. The van der Waals surface area contributed by atoms with Crippen molar-refractivity contribution in [1.29, 1.82) is 0 Å². The Hall–Kier alpha value is 0.820. The molecule has 0 unspecified atom stereocenters. The number of hydrogen-bond acceptors (Lipinski definition) is 2. The first-order valence-corrected chi connectivity index (χ1v) is 18.3. The predicted octanol–water partition coefficient (Wildman–Crippen LogP) is 12.1. The van der Waals surface area contributed by atoms with E-state index in [0.29, 0.717) is 0 Å². The molecule has 0 aromatic heterocycles. The monoisotopic (exact) mass is 1100 g/mol. The van der Waals surface area contributed by atoms with E-state index in [1.807, 2.05) is 0 Å². The molecule has 38 heavy (non-hydrogen) atoms. The molecule has 0 heterocycles. The molecule has 1 N–H and O–H groups in total. The quantitative estimate of drug-likeness (QED) is 0.207. The second kappa shape index (κ2) is 14.8. The molecule has 0 aliphatic heterocycles. The molecule has 4 aromatic carbocycles. The molecule has 0 aliphatic rings. The molecule has 0 amide bonds. The van der Waals surface area contributed by atoms with Gasteiger partial charge in [-0.05, 0) is 138 Å². The summed E-state index contributed by atoms with van der Waals surface area (Å²) in [7, 11) is -0.453. The molecular weight excluding hydrogens is 1100 g/mol. The van der Waals surface area contributed by atoms with Crippen molar-refractivity contribution < 1.29 is 15.0 Å². The Balaban J connectivity index is 0.000000336. The third kappa shape index (κ3) is 8.22. The van der Waals surface area contributed by atoms with Crippen molar-refractivity contribution >= 4 is 160 Å². The van der Waals surface area contributed by atoms with Gasteiger partial charge in [0, 0.05) is 13.4 Å². The first-order chi connectivity index (χ1) is 17.8. The van der Waals surface area contributed by atoms with Crippen LogP contribution in [0.2, 0.25) is 0 Å². The fraction of sp³-hybridized carbons (Fsp3) is 0. The van der Waals surface area contributed by atoms with Gasteiger partial charge in [0.2, 0.25) is 0 Å². The summed E-state index contributed by atoms with van der Waals surface area (Å²) >= 11 is 33.5. The highest BCUT2D eigenvalue weighted by atomic mass is 79.9. The number of hydrogen-bond donors (Lipinski definition) is 1. The van der Waals surface area contributed by atoms with E-state index in [4.69, 9.17) is 5.11 Å². The van der Waals surface area contributed by atoms with E-state index in [1.165, 1.54) is 24.3 Å². The Morgan fingerprint density at radius 3 is 1.11 bits per heavy atom. The maximum atomic E-state index is 10.7. The van der Waals surface area contributed by atoms with Crippen molar-refractivity contribution in [2.24, 2.45) is 0 Å². The normalized spacial score (nSPS) is 10.8. The minimum absolute atomic E-state index is 0.178. The standard InChI is InChI=1S/C18H6Br9S.C7H6O3/c19-7-1-10(22)16(11(23)2-7)28(17-12(24)3-8(20)4-13(17)25)18-14(26)5-9(21)6-15(18)27;8-6-4-2-1-3-5(6)7(9)10/h1-6H;1-4,8H,(H,9,10)/q+1;/p-1. The number of aromatic carboxylic acids is 1. The molecular formula is C25H11Br9O3S. The van der Waals surface area contributed by atoms with E-state index in [1.54, 1.807) is 0 Å². The van der Waals surface area contributed by atoms with E-state index in [9.17, 15) is 9.90 Å². The summed E-state index contributed by atoms with van der Waals surface area (Å²) in [6.45, 7) is 0. The molecule has 0 spiro atoms. The second-order valence-corrected chi connectivity index (χ2v) is 16.9. The summed E-state index contributed by atoms with van der Waals surface area (Å²) in [5.41, 5.74) is -0.178. The van der Waals surface area contributed by atoms with Gasteiger partial charge in [-0.1, -0.05) is 71.7 Å². The Morgan fingerprint density at radius 2 is 0.868 bits per heavy atom. The number of benzene rings is 4. The molecule has 4 aromatic rings. The van der Waals surface area contributed by atoms with Crippen molar-refractivity contribution in [3.05, 3.63) is 106 Å². The summed E-state index contributed by atoms with van der Waals surface area (Å²) in [5, 5.41) is 19.0. The van der Waals surface area contributed by atoms with E-state index >= 15 is 0 Å². The van der Waals surface area contributed by atoms with Crippen LogP contribution in [0.3, 0.4) is 0 Å². The maximum absolute atomic E-state index is 10.7. The lowest BCUT2D eigenvalue weighted by molar-refractivity contribution is -0.268. The summed E-state index contributed by atoms with van der Waals surface area (Å²) in [5.74, 6) is -1.62. The van der Waals surface area contributed by atoms with Gasteiger partial charge < -0.3 is 10.2 Å². The summed E-state index contributed by atoms with van der Waals surface area (Å²) in [6.07, 6.45) is 0. The largest absolute Gasteiger partial charge is 0.872 e. The van der Waals surface area contributed by atoms with Gasteiger partial charge in [0.15, 0.2) is 14.7 Å². The van der Waals surface area contributed by atoms with Crippen LogP contribution in [-0.4, -0.2) is 11.1 Å². The zero-order valence-corrected chi connectivity index (χ0v) is 33.4. The third-order valence-electron chi connectivity index (χ3n) is 4.62. The molecule has 0 radical (unpaired) electrons. The molecule has 4 rings (SSSR count). The van der Waals surface area contributed by atoms with Gasteiger partial charge in [-0.2, -0.15) is 0 Å². The second-order valence-electron chi connectivity index (χ2n) is 7.20. The van der Waals surface area contributed by atoms with Crippen molar-refractivity contribution in [2.75, 3.05) is 0 Å². The minimum Gasteiger partial charge on any atom is -0.872 e. The van der Waals surface area contributed by atoms with E-state index in [2.05, 4.69) is 180 Å². The van der Waals surface area contributed by atoms with Crippen LogP contribution in [0.15, 0.2) is 116 Å². The molecule has 0 bridgehead atoms. The Bertz CT molecular complexity index is 1320. The van der Waals surface area contributed by atoms with E-state index < -0.39 is 22.6 Å². The van der Waals surface area contributed by atoms with Gasteiger partial charge in [0.1, 0.15) is 10.9 Å². The van der Waals surface area contributed by atoms with Gasteiger partial charge >= 0.3 is 5.97 Å². The van der Waals surface area contributed by atoms with Crippen LogP contribution in [0.4, 0.5) is 0 Å². The third-order valence-corrected chi connectivity index (χ3v) is 13.9. The zero-order valence-electron chi connectivity index (χ0n) is 18.3. The van der Waals surface area contributed by atoms with Gasteiger partial charge in [-0.25, -0.2) is 4.79 Å². The molecule has 13 heteroatoms. The van der Waals surface area contributed by atoms with Crippen LogP contribution in [0.1, 0.15) is 10.4 Å². The highest BCUT2D eigenvalue weighted by Crippen LogP contribution is 2.50. The summed E-state index contributed by atoms with van der Waals surface area (Å²) < 4.78 is 9.09. The van der Waals surface area contributed by atoms with Crippen LogP contribution >= 0.6 is 143 Å². The summed E-state index contributed by atoms with van der Waals surface area (Å²) in [4.78, 5) is 13.7. The lowest BCUT2D eigenvalue weighted by atomic mass is 10.2. The van der Waals surface area contributed by atoms with Crippen LogP contribution in [-0.2, 0) is 10.9 Å². The summed E-state index contributed by atoms with van der Waals surface area (Å²) in [6, 6.07) is 18.0. The van der Waals surface area contributed by atoms with Gasteiger partial charge in [0.05, 0.1) is 32.4 Å². The van der Waals surface area contributed by atoms with Crippen LogP contribution < -0.4 is 5.11 Å². The van der Waals surface area contributed by atoms with Crippen molar-refractivity contribution in [3.63, 3.8) is 0 Å². The number of halogens is 9. The Kier molecular flexibility index (Phi) is 13.0. The van der Waals surface area contributed by atoms with E-state index in [-0.39, 0.29) is 5.56 Å². The maximum Gasteiger partial charge on any atom is 0.335 e. The minimum atomic E-state index is -1.18. The highest BCUT2D eigenvalue weighted by Gasteiger charge is 2.40. The average Bonchev–Trinajstić information content (AvgIpc) is 2.77.